The standard InChI is InChI=1S/C24H20ClNO4S/c1-13-6-4-7-18(14(13)2)26-21(19-8-5-11-31-19)20(23(28)24(26)29)22(27)16-12-15(30-3)9-10-17(16)25/h4-12,21,27H,1-3H3/b22-20-. The van der Waals surface area contributed by atoms with E-state index in [2.05, 4.69) is 0 Å². The van der Waals surface area contributed by atoms with Gasteiger partial charge >= 0.3 is 0 Å². The molecule has 0 spiro atoms. The van der Waals surface area contributed by atoms with E-state index in [1.165, 1.54) is 23.3 Å². The topological polar surface area (TPSA) is 66.8 Å². The average Bonchev–Trinajstić information content (AvgIpc) is 3.37. The minimum absolute atomic E-state index is 0.00325. The Morgan fingerprint density at radius 3 is 2.58 bits per heavy atom. The SMILES string of the molecule is COc1ccc(Cl)c(/C(O)=C2/C(=O)C(=O)N(c3cccc(C)c3C)C2c2cccs2)c1. The monoisotopic (exact) mass is 453 g/mol. The highest BCUT2D eigenvalue weighted by molar-refractivity contribution is 7.10. The molecule has 0 bridgehead atoms. The number of thiophene rings is 1. The predicted molar refractivity (Wildman–Crippen MR) is 123 cm³/mol. The second kappa shape index (κ2) is 8.21. The molecule has 7 heteroatoms. The molecular formula is C24H20ClNO4S. The largest absolute Gasteiger partial charge is 0.507 e. The fourth-order valence-electron chi connectivity index (χ4n) is 3.75. The van der Waals surface area contributed by atoms with E-state index in [1.807, 2.05) is 49.6 Å². The van der Waals surface area contributed by atoms with Crippen molar-refractivity contribution in [3.8, 4) is 5.75 Å². The first kappa shape index (κ1) is 21.2. The van der Waals surface area contributed by atoms with Crippen molar-refractivity contribution in [3.05, 3.63) is 86.1 Å². The van der Waals surface area contributed by atoms with Gasteiger partial charge < -0.3 is 9.84 Å². The number of hydrogen-bond acceptors (Lipinski definition) is 5. The molecule has 1 aliphatic rings. The van der Waals surface area contributed by atoms with Crippen molar-refractivity contribution in [2.24, 2.45) is 0 Å². The van der Waals surface area contributed by atoms with Crippen molar-refractivity contribution in [1.82, 2.24) is 0 Å². The molecule has 1 unspecified atom stereocenters. The van der Waals surface area contributed by atoms with Crippen molar-refractivity contribution in [1.29, 1.82) is 0 Å². The number of halogens is 1. The van der Waals surface area contributed by atoms with Crippen LogP contribution in [0.4, 0.5) is 5.69 Å². The van der Waals surface area contributed by atoms with Gasteiger partial charge in [-0.1, -0.05) is 29.8 Å². The number of Topliss-reactive ketones (excluding diaryl/α,β-unsaturated/α-hetero) is 1. The van der Waals surface area contributed by atoms with Gasteiger partial charge in [0.2, 0.25) is 0 Å². The highest BCUT2D eigenvalue weighted by Crippen LogP contribution is 2.45. The smallest absolute Gasteiger partial charge is 0.300 e. The summed E-state index contributed by atoms with van der Waals surface area (Å²) < 4.78 is 5.24. The number of anilines is 1. The van der Waals surface area contributed by atoms with Gasteiger partial charge in [-0.25, -0.2) is 0 Å². The maximum Gasteiger partial charge on any atom is 0.300 e. The van der Waals surface area contributed by atoms with Gasteiger partial charge in [-0.2, -0.15) is 0 Å². The normalized spacial score (nSPS) is 17.9. The molecule has 2 heterocycles. The second-order valence-corrected chi connectivity index (χ2v) is 8.64. The first-order valence-corrected chi connectivity index (χ1v) is 10.9. The summed E-state index contributed by atoms with van der Waals surface area (Å²) >= 11 is 7.74. The van der Waals surface area contributed by atoms with Crippen LogP contribution in [0, 0.1) is 13.8 Å². The lowest BCUT2D eigenvalue weighted by molar-refractivity contribution is -0.132. The van der Waals surface area contributed by atoms with Crippen LogP contribution >= 0.6 is 22.9 Å². The van der Waals surface area contributed by atoms with Gasteiger partial charge in [0.05, 0.1) is 17.7 Å². The first-order chi connectivity index (χ1) is 14.8. The Hall–Kier alpha value is -3.09. The van der Waals surface area contributed by atoms with Crippen LogP contribution in [0.2, 0.25) is 5.02 Å². The zero-order valence-corrected chi connectivity index (χ0v) is 18.8. The van der Waals surface area contributed by atoms with E-state index >= 15 is 0 Å². The van der Waals surface area contributed by atoms with E-state index < -0.39 is 17.7 Å². The summed E-state index contributed by atoms with van der Waals surface area (Å²) in [5.41, 5.74) is 2.77. The third-order valence-electron chi connectivity index (χ3n) is 5.52. The molecule has 1 atom stereocenters. The number of aliphatic hydroxyl groups excluding tert-OH is 1. The molecule has 1 N–H and O–H groups in total. The van der Waals surface area contributed by atoms with E-state index in [0.29, 0.717) is 11.4 Å². The fourth-order valence-corrected chi connectivity index (χ4v) is 4.78. The molecule has 1 saturated heterocycles. The average molecular weight is 454 g/mol. The summed E-state index contributed by atoms with van der Waals surface area (Å²) in [6.45, 7) is 3.86. The van der Waals surface area contributed by atoms with Crippen molar-refractivity contribution in [2.45, 2.75) is 19.9 Å². The molecule has 2 aromatic carbocycles. The fraction of sp³-hybridized carbons (Fsp3) is 0.167. The molecule has 1 aliphatic heterocycles. The lowest BCUT2D eigenvalue weighted by Gasteiger charge is -2.26. The molecule has 4 rings (SSSR count). The molecule has 0 radical (unpaired) electrons. The first-order valence-electron chi connectivity index (χ1n) is 9.59. The molecular weight excluding hydrogens is 434 g/mol. The Bertz CT molecular complexity index is 1220. The van der Waals surface area contributed by atoms with E-state index in [4.69, 9.17) is 16.3 Å². The van der Waals surface area contributed by atoms with Gasteiger partial charge in [0.15, 0.2) is 0 Å². The Labute approximate surface area is 189 Å². The molecule has 1 fully saturated rings. The summed E-state index contributed by atoms with van der Waals surface area (Å²) in [5.74, 6) is -1.29. The van der Waals surface area contributed by atoms with Gasteiger partial charge in [0, 0.05) is 16.1 Å². The number of aryl methyl sites for hydroxylation is 1. The number of rotatable bonds is 4. The molecule has 31 heavy (non-hydrogen) atoms. The minimum atomic E-state index is -0.761. The zero-order chi connectivity index (χ0) is 22.3. The second-order valence-electron chi connectivity index (χ2n) is 7.25. The highest BCUT2D eigenvalue weighted by atomic mass is 35.5. The van der Waals surface area contributed by atoms with Gasteiger partial charge in [0.25, 0.3) is 11.7 Å². The molecule has 5 nitrogen and oxygen atoms in total. The van der Waals surface area contributed by atoms with E-state index in [9.17, 15) is 14.7 Å². The van der Waals surface area contributed by atoms with E-state index in [1.54, 1.807) is 18.2 Å². The quantitative estimate of drug-likeness (QED) is 0.315. The summed E-state index contributed by atoms with van der Waals surface area (Å²) in [5, 5.41) is 13.3. The maximum absolute atomic E-state index is 13.2. The van der Waals surface area contributed by atoms with Crippen LogP contribution in [-0.4, -0.2) is 23.9 Å². The van der Waals surface area contributed by atoms with Gasteiger partial charge in [-0.15, -0.1) is 11.3 Å². The number of carbonyl (C=O) groups excluding carboxylic acids is 2. The molecule has 158 valence electrons. The summed E-state index contributed by atoms with van der Waals surface area (Å²) in [7, 11) is 1.50. The van der Waals surface area contributed by atoms with Crippen LogP contribution in [0.3, 0.4) is 0 Å². The van der Waals surface area contributed by atoms with E-state index in [-0.39, 0.29) is 21.9 Å². The predicted octanol–water partition coefficient (Wildman–Crippen LogP) is 5.65. The van der Waals surface area contributed by atoms with Crippen molar-refractivity contribution in [3.63, 3.8) is 0 Å². The number of nitrogens with zero attached hydrogens (tertiary/aromatic N) is 1. The Morgan fingerprint density at radius 2 is 1.90 bits per heavy atom. The third kappa shape index (κ3) is 3.52. The Balaban J connectivity index is 1.98. The number of aliphatic hydroxyl groups is 1. The molecule has 0 saturated carbocycles. The summed E-state index contributed by atoms with van der Waals surface area (Å²) in [6.07, 6.45) is 0. The van der Waals surface area contributed by atoms with Crippen LogP contribution in [0.15, 0.2) is 59.5 Å². The van der Waals surface area contributed by atoms with Crippen LogP contribution in [0.5, 0.6) is 5.75 Å². The molecule has 1 amide bonds. The number of hydrogen-bond donors (Lipinski definition) is 1. The highest BCUT2D eigenvalue weighted by Gasteiger charge is 2.48. The van der Waals surface area contributed by atoms with Crippen LogP contribution in [0.1, 0.15) is 27.6 Å². The van der Waals surface area contributed by atoms with Gasteiger partial charge in [-0.3, -0.25) is 14.5 Å². The maximum atomic E-state index is 13.2. The number of carbonyl (C=O) groups is 2. The number of amides is 1. The number of ketones is 1. The van der Waals surface area contributed by atoms with E-state index in [0.717, 1.165) is 16.0 Å². The Kier molecular flexibility index (Phi) is 5.60. The lowest BCUT2D eigenvalue weighted by Crippen LogP contribution is -2.29. The Morgan fingerprint density at radius 1 is 1.13 bits per heavy atom. The van der Waals surface area contributed by atoms with Crippen LogP contribution < -0.4 is 9.64 Å². The summed E-state index contributed by atoms with van der Waals surface area (Å²) in [6, 6.07) is 13.3. The van der Waals surface area contributed by atoms with Gasteiger partial charge in [0.1, 0.15) is 17.6 Å². The van der Waals surface area contributed by atoms with Crippen molar-refractivity contribution >= 4 is 46.1 Å². The van der Waals surface area contributed by atoms with Crippen molar-refractivity contribution < 1.29 is 19.4 Å². The number of methoxy groups -OCH3 is 1. The molecule has 0 aliphatic carbocycles. The van der Waals surface area contributed by atoms with Crippen LogP contribution in [-0.2, 0) is 9.59 Å². The minimum Gasteiger partial charge on any atom is -0.507 e. The van der Waals surface area contributed by atoms with Crippen LogP contribution in [0.25, 0.3) is 5.76 Å². The number of ether oxygens (including phenoxy) is 1. The molecule has 1 aromatic heterocycles. The van der Waals surface area contributed by atoms with Crippen molar-refractivity contribution in [2.75, 3.05) is 12.0 Å². The van der Waals surface area contributed by atoms with Gasteiger partial charge in [-0.05, 0) is 60.7 Å². The third-order valence-corrected chi connectivity index (χ3v) is 6.78. The molecule has 3 aromatic rings. The summed E-state index contributed by atoms with van der Waals surface area (Å²) in [4.78, 5) is 28.6. The lowest BCUT2D eigenvalue weighted by atomic mass is 9.99. The zero-order valence-electron chi connectivity index (χ0n) is 17.2. The number of benzene rings is 2.